The van der Waals surface area contributed by atoms with Crippen molar-refractivity contribution in [3.8, 4) is 0 Å². The van der Waals surface area contributed by atoms with Crippen molar-refractivity contribution in [2.45, 2.75) is 19.9 Å². The molecule has 17 heavy (non-hydrogen) atoms. The normalized spacial score (nSPS) is 14.3. The first-order valence-corrected chi connectivity index (χ1v) is 5.83. The smallest absolute Gasteiger partial charge is 0.265 e. The van der Waals surface area contributed by atoms with Crippen LogP contribution in [0.1, 0.15) is 20.4 Å². The van der Waals surface area contributed by atoms with E-state index in [2.05, 4.69) is 10.3 Å². The summed E-state index contributed by atoms with van der Waals surface area (Å²) in [5.74, 6) is 0.101. The lowest BCUT2D eigenvalue weighted by Gasteiger charge is -2.35. The molecule has 1 aliphatic heterocycles. The second kappa shape index (κ2) is 6.54. The number of hydrogen-bond acceptors (Lipinski definition) is 4. The van der Waals surface area contributed by atoms with Gasteiger partial charge < -0.3 is 10.2 Å². The quantitative estimate of drug-likeness (QED) is 0.903. The van der Waals surface area contributed by atoms with Crippen molar-refractivity contribution >= 4 is 42.1 Å². The van der Waals surface area contributed by atoms with Gasteiger partial charge in [-0.2, -0.15) is 0 Å². The average Bonchev–Trinajstić information content (AvgIpc) is 2.41. The van der Waals surface area contributed by atoms with E-state index in [4.69, 9.17) is 0 Å². The van der Waals surface area contributed by atoms with Gasteiger partial charge in [-0.05, 0) is 13.8 Å². The van der Waals surface area contributed by atoms with Crippen molar-refractivity contribution in [1.29, 1.82) is 0 Å². The van der Waals surface area contributed by atoms with E-state index in [1.807, 2.05) is 25.8 Å². The average molecular weight is 298 g/mol. The Balaban J connectivity index is 0.00000128. The standard InChI is InChI=1S/C10H15N3OS.2ClH/c1-6-9(15-7(2)12-6)10(14)13(3)8-4-11-5-8;;/h8,11H,4-5H2,1-3H3;2*1H. The minimum atomic E-state index is 0. The molecule has 0 atom stereocenters. The summed E-state index contributed by atoms with van der Waals surface area (Å²) in [6.07, 6.45) is 0. The van der Waals surface area contributed by atoms with Crippen molar-refractivity contribution in [2.75, 3.05) is 20.1 Å². The number of carbonyl (C=O) groups is 1. The first-order valence-electron chi connectivity index (χ1n) is 5.01. The Bertz CT molecular complexity index is 393. The molecule has 0 aromatic carbocycles. The van der Waals surface area contributed by atoms with Crippen LogP contribution in [-0.4, -0.2) is 42.0 Å². The second-order valence-corrected chi connectivity index (χ2v) is 5.08. The number of aryl methyl sites for hydroxylation is 2. The molecule has 0 aliphatic carbocycles. The lowest BCUT2D eigenvalue weighted by Crippen LogP contribution is -2.57. The molecule has 98 valence electrons. The third kappa shape index (κ3) is 3.31. The van der Waals surface area contributed by atoms with E-state index < -0.39 is 0 Å². The van der Waals surface area contributed by atoms with Gasteiger partial charge in [0.25, 0.3) is 5.91 Å². The Kier molecular flexibility index (Phi) is 6.40. The summed E-state index contributed by atoms with van der Waals surface area (Å²) in [6.45, 7) is 5.63. The molecule has 1 aliphatic rings. The predicted molar refractivity (Wildman–Crippen MR) is 74.8 cm³/mol. The van der Waals surface area contributed by atoms with Crippen molar-refractivity contribution in [3.05, 3.63) is 15.6 Å². The number of aromatic nitrogens is 1. The summed E-state index contributed by atoms with van der Waals surface area (Å²) in [5.41, 5.74) is 0.849. The maximum absolute atomic E-state index is 12.1. The highest BCUT2D eigenvalue weighted by Crippen LogP contribution is 2.20. The molecular formula is C10H17Cl2N3OS. The number of nitrogens with one attached hydrogen (secondary N) is 1. The monoisotopic (exact) mass is 297 g/mol. The highest BCUT2D eigenvalue weighted by molar-refractivity contribution is 7.13. The molecule has 2 heterocycles. The van der Waals surface area contributed by atoms with Crippen LogP contribution in [0.5, 0.6) is 0 Å². The number of halogens is 2. The van der Waals surface area contributed by atoms with Gasteiger partial charge in [0.05, 0.1) is 16.7 Å². The number of carbonyl (C=O) groups excluding carboxylic acids is 1. The predicted octanol–water partition coefficient (Wildman–Crippen LogP) is 1.65. The third-order valence-corrected chi connectivity index (χ3v) is 3.79. The van der Waals surface area contributed by atoms with Gasteiger partial charge in [0, 0.05) is 20.1 Å². The van der Waals surface area contributed by atoms with Crippen LogP contribution >= 0.6 is 36.2 Å². The Morgan fingerprint density at radius 2 is 2.00 bits per heavy atom. The Morgan fingerprint density at radius 1 is 1.41 bits per heavy atom. The number of hydrogen-bond donors (Lipinski definition) is 1. The molecule has 0 unspecified atom stereocenters. The largest absolute Gasteiger partial charge is 0.335 e. The molecule has 0 radical (unpaired) electrons. The van der Waals surface area contributed by atoms with Gasteiger partial charge in [0.15, 0.2) is 0 Å². The Morgan fingerprint density at radius 3 is 2.35 bits per heavy atom. The lowest BCUT2D eigenvalue weighted by atomic mass is 10.1. The first-order chi connectivity index (χ1) is 7.09. The maximum Gasteiger partial charge on any atom is 0.265 e. The van der Waals surface area contributed by atoms with E-state index in [0.29, 0.717) is 6.04 Å². The topological polar surface area (TPSA) is 45.2 Å². The lowest BCUT2D eigenvalue weighted by molar-refractivity contribution is 0.0685. The summed E-state index contributed by atoms with van der Waals surface area (Å²) >= 11 is 1.48. The van der Waals surface area contributed by atoms with Crippen LogP contribution in [0.2, 0.25) is 0 Å². The number of amides is 1. The van der Waals surface area contributed by atoms with Crippen LogP contribution in [0.15, 0.2) is 0 Å². The highest BCUT2D eigenvalue weighted by atomic mass is 35.5. The van der Waals surface area contributed by atoms with Crippen LogP contribution in [0.3, 0.4) is 0 Å². The van der Waals surface area contributed by atoms with Crippen LogP contribution in [0.4, 0.5) is 0 Å². The highest BCUT2D eigenvalue weighted by Gasteiger charge is 2.27. The van der Waals surface area contributed by atoms with Gasteiger partial charge in [-0.15, -0.1) is 36.2 Å². The van der Waals surface area contributed by atoms with Crippen LogP contribution < -0.4 is 5.32 Å². The van der Waals surface area contributed by atoms with Crippen LogP contribution in [0.25, 0.3) is 0 Å². The minimum absolute atomic E-state index is 0. The van der Waals surface area contributed by atoms with Gasteiger partial charge in [0.2, 0.25) is 0 Å². The fourth-order valence-electron chi connectivity index (χ4n) is 1.60. The van der Waals surface area contributed by atoms with Crippen molar-refractivity contribution in [3.63, 3.8) is 0 Å². The summed E-state index contributed by atoms with van der Waals surface area (Å²) in [7, 11) is 1.86. The number of nitrogens with zero attached hydrogens (tertiary/aromatic N) is 2. The summed E-state index contributed by atoms with van der Waals surface area (Å²) in [6, 6.07) is 0.347. The Hall–Kier alpha value is -0.360. The Labute approximate surface area is 118 Å². The molecule has 1 amide bonds. The van der Waals surface area contributed by atoms with Crippen molar-refractivity contribution in [2.24, 2.45) is 0 Å². The zero-order valence-electron chi connectivity index (χ0n) is 10.0. The molecule has 2 rings (SSSR count). The molecule has 1 aromatic rings. The molecule has 0 spiro atoms. The molecule has 0 saturated carbocycles. The number of likely N-dealkylation sites (N-methyl/N-ethyl adjacent to an activating group) is 1. The van der Waals surface area contributed by atoms with E-state index in [1.165, 1.54) is 11.3 Å². The van der Waals surface area contributed by atoms with E-state index in [0.717, 1.165) is 28.7 Å². The number of thiazole rings is 1. The van der Waals surface area contributed by atoms with Crippen molar-refractivity contribution in [1.82, 2.24) is 15.2 Å². The molecule has 1 saturated heterocycles. The second-order valence-electron chi connectivity index (χ2n) is 3.88. The van der Waals surface area contributed by atoms with E-state index >= 15 is 0 Å². The first kappa shape index (κ1) is 16.6. The molecule has 1 N–H and O–H groups in total. The molecular weight excluding hydrogens is 281 g/mol. The minimum Gasteiger partial charge on any atom is -0.335 e. The molecule has 4 nitrogen and oxygen atoms in total. The summed E-state index contributed by atoms with van der Waals surface area (Å²) < 4.78 is 0. The zero-order chi connectivity index (χ0) is 11.0. The SMILES string of the molecule is Cc1nc(C)c(C(=O)N(C)C2CNC2)s1.Cl.Cl. The molecule has 0 bridgehead atoms. The fourth-order valence-corrected chi connectivity index (χ4v) is 2.51. The fraction of sp³-hybridized carbons (Fsp3) is 0.600. The van der Waals surface area contributed by atoms with Gasteiger partial charge in [-0.3, -0.25) is 4.79 Å². The van der Waals surface area contributed by atoms with Gasteiger partial charge in [-0.1, -0.05) is 0 Å². The van der Waals surface area contributed by atoms with Crippen molar-refractivity contribution < 1.29 is 4.79 Å². The maximum atomic E-state index is 12.1. The molecule has 1 fully saturated rings. The zero-order valence-corrected chi connectivity index (χ0v) is 12.5. The summed E-state index contributed by atoms with van der Waals surface area (Å²) in [5, 5.41) is 4.12. The third-order valence-electron chi connectivity index (χ3n) is 2.73. The summed E-state index contributed by atoms with van der Waals surface area (Å²) in [4.78, 5) is 19.0. The van der Waals surface area contributed by atoms with Gasteiger partial charge >= 0.3 is 0 Å². The van der Waals surface area contributed by atoms with E-state index in [9.17, 15) is 4.79 Å². The van der Waals surface area contributed by atoms with E-state index in [1.54, 1.807) is 0 Å². The number of rotatable bonds is 2. The van der Waals surface area contributed by atoms with Gasteiger partial charge in [-0.25, -0.2) is 4.98 Å². The van der Waals surface area contributed by atoms with E-state index in [-0.39, 0.29) is 30.7 Å². The molecule has 1 aromatic heterocycles. The molecule has 7 heteroatoms. The van der Waals surface area contributed by atoms with Crippen LogP contribution in [0, 0.1) is 13.8 Å². The van der Waals surface area contributed by atoms with Gasteiger partial charge in [0.1, 0.15) is 4.88 Å². The van der Waals surface area contributed by atoms with Crippen LogP contribution in [-0.2, 0) is 0 Å².